The average Bonchev–Trinajstić information content (AvgIpc) is 2.90. The van der Waals surface area contributed by atoms with Crippen LogP contribution >= 0.6 is 0 Å². The van der Waals surface area contributed by atoms with E-state index in [0.717, 1.165) is 13.0 Å². The first-order chi connectivity index (χ1) is 10.3. The topological polar surface area (TPSA) is 36.4 Å². The molecule has 0 aromatic carbocycles. The molecule has 2 unspecified atom stereocenters. The summed E-state index contributed by atoms with van der Waals surface area (Å²) in [4.78, 5) is 4.17. The van der Waals surface area contributed by atoms with Crippen molar-refractivity contribution in [1.82, 2.24) is 10.6 Å². The lowest BCUT2D eigenvalue weighted by atomic mass is 9.85. The Morgan fingerprint density at radius 3 is 2.45 bits per heavy atom. The Balaban J connectivity index is 1.82. The van der Waals surface area contributed by atoms with E-state index in [9.17, 15) is 13.2 Å². The SMILES string of the molecule is CN=C(NCC1(C)CCCC1)NC1CCCC(C(F)(F)F)C1. The van der Waals surface area contributed by atoms with Gasteiger partial charge in [-0.3, -0.25) is 4.99 Å². The van der Waals surface area contributed by atoms with Crippen molar-refractivity contribution in [3.8, 4) is 0 Å². The number of alkyl halides is 3. The maximum Gasteiger partial charge on any atom is 0.391 e. The van der Waals surface area contributed by atoms with Gasteiger partial charge in [0.25, 0.3) is 0 Å². The quantitative estimate of drug-likeness (QED) is 0.612. The number of nitrogens with zero attached hydrogens (tertiary/aromatic N) is 1. The number of nitrogens with one attached hydrogen (secondary N) is 2. The van der Waals surface area contributed by atoms with E-state index < -0.39 is 12.1 Å². The summed E-state index contributed by atoms with van der Waals surface area (Å²) in [5, 5.41) is 6.50. The molecule has 0 spiro atoms. The van der Waals surface area contributed by atoms with E-state index in [0.29, 0.717) is 17.8 Å². The molecular weight excluding hydrogens is 291 g/mol. The van der Waals surface area contributed by atoms with Gasteiger partial charge in [0.2, 0.25) is 0 Å². The molecule has 3 nitrogen and oxygen atoms in total. The van der Waals surface area contributed by atoms with Crippen molar-refractivity contribution in [3.05, 3.63) is 0 Å². The van der Waals surface area contributed by atoms with Gasteiger partial charge < -0.3 is 10.6 Å². The maximum absolute atomic E-state index is 12.9. The summed E-state index contributed by atoms with van der Waals surface area (Å²) in [7, 11) is 1.68. The smallest absolute Gasteiger partial charge is 0.356 e. The zero-order chi connectivity index (χ0) is 16.2. The first-order valence-corrected chi connectivity index (χ1v) is 8.36. The van der Waals surface area contributed by atoms with Crippen LogP contribution in [0, 0.1) is 11.3 Å². The van der Waals surface area contributed by atoms with E-state index in [1.54, 1.807) is 7.05 Å². The van der Waals surface area contributed by atoms with E-state index in [2.05, 4.69) is 22.5 Å². The Hall–Kier alpha value is -0.940. The van der Waals surface area contributed by atoms with Gasteiger partial charge in [0.05, 0.1) is 5.92 Å². The minimum absolute atomic E-state index is 0.136. The predicted octanol–water partition coefficient (Wildman–Crippen LogP) is 3.85. The number of hydrogen-bond acceptors (Lipinski definition) is 1. The van der Waals surface area contributed by atoms with Crippen LogP contribution < -0.4 is 10.6 Å². The number of halogens is 3. The lowest BCUT2D eigenvalue weighted by molar-refractivity contribution is -0.183. The molecular formula is C16H28F3N3. The molecule has 2 fully saturated rings. The number of rotatable bonds is 3. The molecule has 0 heterocycles. The van der Waals surface area contributed by atoms with Crippen molar-refractivity contribution in [2.75, 3.05) is 13.6 Å². The molecule has 2 rings (SSSR count). The van der Waals surface area contributed by atoms with Crippen LogP contribution in [0.1, 0.15) is 58.3 Å². The van der Waals surface area contributed by atoms with Crippen LogP contribution in [0.3, 0.4) is 0 Å². The molecule has 2 N–H and O–H groups in total. The Bertz CT molecular complexity index is 387. The summed E-state index contributed by atoms with van der Waals surface area (Å²) >= 11 is 0. The van der Waals surface area contributed by atoms with E-state index in [-0.39, 0.29) is 18.9 Å². The standard InChI is InChI=1S/C16H28F3N3/c1-15(8-3-4-9-15)11-21-14(20-2)22-13-7-5-6-12(10-13)16(17,18)19/h12-13H,3-11H2,1-2H3,(H2,20,21,22). The largest absolute Gasteiger partial charge is 0.391 e. The molecule has 0 bridgehead atoms. The van der Waals surface area contributed by atoms with Crippen molar-refractivity contribution in [3.63, 3.8) is 0 Å². The molecule has 22 heavy (non-hydrogen) atoms. The summed E-state index contributed by atoms with van der Waals surface area (Å²) in [5.74, 6) is -0.537. The number of guanidine groups is 1. The second-order valence-corrected chi connectivity index (χ2v) is 7.19. The fraction of sp³-hybridized carbons (Fsp3) is 0.938. The molecule has 0 aliphatic heterocycles. The molecule has 6 heteroatoms. The van der Waals surface area contributed by atoms with Crippen molar-refractivity contribution in [2.24, 2.45) is 16.3 Å². The van der Waals surface area contributed by atoms with Crippen LogP contribution in [0.25, 0.3) is 0 Å². The minimum Gasteiger partial charge on any atom is -0.356 e. The monoisotopic (exact) mass is 319 g/mol. The van der Waals surface area contributed by atoms with Gasteiger partial charge in [0.1, 0.15) is 0 Å². The minimum atomic E-state index is -4.07. The third kappa shape index (κ3) is 4.78. The maximum atomic E-state index is 12.9. The summed E-state index contributed by atoms with van der Waals surface area (Å²) < 4.78 is 38.6. The van der Waals surface area contributed by atoms with E-state index >= 15 is 0 Å². The van der Waals surface area contributed by atoms with Gasteiger partial charge in [-0.15, -0.1) is 0 Å². The Morgan fingerprint density at radius 1 is 1.18 bits per heavy atom. The van der Waals surface area contributed by atoms with Crippen LogP contribution in [0.2, 0.25) is 0 Å². The predicted molar refractivity (Wildman–Crippen MR) is 82.9 cm³/mol. The average molecular weight is 319 g/mol. The van der Waals surface area contributed by atoms with Gasteiger partial charge >= 0.3 is 6.18 Å². The second-order valence-electron chi connectivity index (χ2n) is 7.19. The summed E-state index contributed by atoms with van der Waals surface area (Å²) in [6.45, 7) is 3.10. The van der Waals surface area contributed by atoms with E-state index in [4.69, 9.17) is 0 Å². The second kappa shape index (κ2) is 7.09. The van der Waals surface area contributed by atoms with Crippen molar-refractivity contribution < 1.29 is 13.2 Å². The van der Waals surface area contributed by atoms with Crippen molar-refractivity contribution >= 4 is 5.96 Å². The van der Waals surface area contributed by atoms with Crippen molar-refractivity contribution in [2.45, 2.75) is 70.5 Å². The molecule has 2 aliphatic rings. The fourth-order valence-electron chi connectivity index (χ4n) is 3.71. The first-order valence-electron chi connectivity index (χ1n) is 8.36. The fourth-order valence-corrected chi connectivity index (χ4v) is 3.71. The van der Waals surface area contributed by atoms with Crippen LogP contribution in [-0.2, 0) is 0 Å². The highest BCUT2D eigenvalue weighted by Crippen LogP contribution is 2.38. The van der Waals surface area contributed by atoms with Gasteiger partial charge in [-0.2, -0.15) is 13.2 Å². The summed E-state index contributed by atoms with van der Waals surface area (Å²) in [6, 6.07) is -0.136. The van der Waals surface area contributed by atoms with Crippen LogP contribution in [0.5, 0.6) is 0 Å². The van der Waals surface area contributed by atoms with Crippen molar-refractivity contribution in [1.29, 1.82) is 0 Å². The third-order valence-corrected chi connectivity index (χ3v) is 5.19. The normalized spacial score (nSPS) is 29.4. The van der Waals surface area contributed by atoms with Crippen LogP contribution in [0.15, 0.2) is 4.99 Å². The third-order valence-electron chi connectivity index (χ3n) is 5.19. The highest BCUT2D eigenvalue weighted by Gasteiger charge is 2.42. The molecule has 128 valence electrons. The Kier molecular flexibility index (Phi) is 5.61. The molecule has 0 aromatic heterocycles. The van der Waals surface area contributed by atoms with Gasteiger partial charge in [0.15, 0.2) is 5.96 Å². The highest BCUT2D eigenvalue weighted by molar-refractivity contribution is 5.80. The molecule has 0 aromatic rings. The number of aliphatic imine (C=N–C) groups is 1. The lowest BCUT2D eigenvalue weighted by Gasteiger charge is -2.32. The van der Waals surface area contributed by atoms with Gasteiger partial charge in [-0.25, -0.2) is 0 Å². The van der Waals surface area contributed by atoms with Gasteiger partial charge in [-0.05, 0) is 37.5 Å². The zero-order valence-electron chi connectivity index (χ0n) is 13.6. The zero-order valence-corrected chi connectivity index (χ0v) is 13.6. The molecule has 2 atom stereocenters. The Morgan fingerprint density at radius 2 is 1.86 bits per heavy atom. The van der Waals surface area contributed by atoms with Crippen LogP contribution in [-0.4, -0.2) is 31.8 Å². The number of hydrogen-bond donors (Lipinski definition) is 2. The first kappa shape index (κ1) is 17.4. The molecule has 0 radical (unpaired) electrons. The summed E-state index contributed by atoms with van der Waals surface area (Å²) in [5.41, 5.74) is 0.290. The molecule has 0 amide bonds. The van der Waals surface area contributed by atoms with E-state index in [1.807, 2.05) is 0 Å². The molecule has 2 saturated carbocycles. The molecule has 0 saturated heterocycles. The summed E-state index contributed by atoms with van der Waals surface area (Å²) in [6.07, 6.45) is 2.68. The lowest BCUT2D eigenvalue weighted by Crippen LogP contribution is -2.48. The van der Waals surface area contributed by atoms with E-state index in [1.165, 1.54) is 25.7 Å². The van der Waals surface area contributed by atoms with Gasteiger partial charge in [0, 0.05) is 19.6 Å². The van der Waals surface area contributed by atoms with Crippen LogP contribution in [0.4, 0.5) is 13.2 Å². The highest BCUT2D eigenvalue weighted by atomic mass is 19.4. The Labute approximate surface area is 131 Å². The van der Waals surface area contributed by atoms with Gasteiger partial charge in [-0.1, -0.05) is 26.2 Å². The molecule has 2 aliphatic carbocycles.